The number of rotatable bonds is 6. The summed E-state index contributed by atoms with van der Waals surface area (Å²) < 4.78 is 5.83. The van der Waals surface area contributed by atoms with Crippen LogP contribution in [0, 0.1) is 0 Å². The molecule has 0 saturated carbocycles. The molecular formula is C15H25ClNO2+. The molecule has 3 N–H and O–H groups in total. The molecule has 108 valence electrons. The van der Waals surface area contributed by atoms with Crippen LogP contribution in [0.5, 0.6) is 5.75 Å². The maximum absolute atomic E-state index is 9.16. The van der Waals surface area contributed by atoms with E-state index in [1.54, 1.807) is 6.92 Å². The van der Waals surface area contributed by atoms with Gasteiger partial charge in [-0.2, -0.15) is 0 Å². The zero-order valence-corrected chi connectivity index (χ0v) is 13.0. The molecule has 3 nitrogen and oxygen atoms in total. The fraction of sp³-hybridized carbons (Fsp3) is 0.600. The number of halogens is 1. The first-order chi connectivity index (χ1) is 8.80. The van der Waals surface area contributed by atoms with Crippen molar-refractivity contribution in [3.8, 4) is 5.75 Å². The summed E-state index contributed by atoms with van der Waals surface area (Å²) in [5.41, 5.74) is 1.12. The molecule has 0 fully saturated rings. The zero-order valence-electron chi connectivity index (χ0n) is 12.2. The van der Waals surface area contributed by atoms with Crippen molar-refractivity contribution in [1.29, 1.82) is 0 Å². The molecule has 0 amide bonds. The zero-order chi connectivity index (χ0) is 14.5. The molecule has 0 aliphatic rings. The first-order valence-electron chi connectivity index (χ1n) is 6.73. The summed E-state index contributed by atoms with van der Waals surface area (Å²) in [4.78, 5) is 0. The predicted molar refractivity (Wildman–Crippen MR) is 79.0 cm³/mol. The number of aliphatic hydroxyl groups is 1. The number of quaternary nitrogens is 1. The highest BCUT2D eigenvalue weighted by atomic mass is 35.5. The number of aliphatic hydroxyl groups excluding tert-OH is 1. The van der Waals surface area contributed by atoms with E-state index in [1.807, 2.05) is 18.2 Å². The normalized spacial score (nSPS) is 13.4. The minimum absolute atomic E-state index is 0.00353. The monoisotopic (exact) mass is 286 g/mol. The van der Waals surface area contributed by atoms with Crippen molar-refractivity contribution in [1.82, 2.24) is 0 Å². The van der Waals surface area contributed by atoms with Crippen LogP contribution >= 0.6 is 11.6 Å². The lowest BCUT2D eigenvalue weighted by molar-refractivity contribution is -0.661. The molecule has 0 unspecified atom stereocenters. The first-order valence-corrected chi connectivity index (χ1v) is 7.11. The molecule has 1 rings (SSSR count). The number of nitrogens with two attached hydrogens (primary N) is 1. The van der Waals surface area contributed by atoms with Crippen LogP contribution in [0.2, 0.25) is 5.02 Å². The molecule has 4 heteroatoms. The van der Waals surface area contributed by atoms with E-state index in [9.17, 15) is 0 Å². The van der Waals surface area contributed by atoms with E-state index in [0.717, 1.165) is 22.9 Å². The highest BCUT2D eigenvalue weighted by Gasteiger charge is 2.19. The standard InChI is InChI=1S/C15H24ClNO2/c1-11(18)10-17-7-8-19-14-6-5-12(16)9-13(14)15(2,3)4/h5-6,9,11,17-18H,7-8,10H2,1-4H3/p+1/t11-/m1/s1. The van der Waals surface area contributed by atoms with Crippen LogP contribution < -0.4 is 10.1 Å². The second-order valence-corrected chi connectivity index (χ2v) is 6.34. The highest BCUT2D eigenvalue weighted by Crippen LogP contribution is 2.33. The Morgan fingerprint density at radius 2 is 2.05 bits per heavy atom. The van der Waals surface area contributed by atoms with Crippen LogP contribution in [-0.2, 0) is 5.41 Å². The van der Waals surface area contributed by atoms with Crippen LogP contribution in [0.4, 0.5) is 0 Å². The second kappa shape index (κ2) is 7.13. The van der Waals surface area contributed by atoms with Crippen LogP contribution in [0.1, 0.15) is 33.3 Å². The van der Waals surface area contributed by atoms with Crippen molar-refractivity contribution < 1.29 is 15.2 Å². The summed E-state index contributed by atoms with van der Waals surface area (Å²) in [5, 5.41) is 12.0. The third-order valence-corrected chi connectivity index (χ3v) is 3.07. The molecular weight excluding hydrogens is 262 g/mol. The lowest BCUT2D eigenvalue weighted by Crippen LogP contribution is -2.87. The van der Waals surface area contributed by atoms with E-state index < -0.39 is 0 Å². The lowest BCUT2D eigenvalue weighted by atomic mass is 9.86. The SMILES string of the molecule is C[C@@H](O)C[NH2+]CCOc1ccc(Cl)cc1C(C)(C)C. The Bertz CT molecular complexity index is 400. The van der Waals surface area contributed by atoms with E-state index in [2.05, 4.69) is 26.1 Å². The molecule has 19 heavy (non-hydrogen) atoms. The molecule has 0 aliphatic heterocycles. The van der Waals surface area contributed by atoms with Crippen molar-refractivity contribution in [2.45, 2.75) is 39.2 Å². The molecule has 1 aromatic rings. The van der Waals surface area contributed by atoms with Crippen LogP contribution in [0.15, 0.2) is 18.2 Å². The molecule has 1 atom stereocenters. The van der Waals surface area contributed by atoms with Gasteiger partial charge in [-0.3, -0.25) is 0 Å². The quantitative estimate of drug-likeness (QED) is 0.786. The average molecular weight is 287 g/mol. The molecule has 1 aromatic carbocycles. The van der Waals surface area contributed by atoms with Gasteiger partial charge in [0.1, 0.15) is 25.4 Å². The minimum Gasteiger partial charge on any atom is -0.487 e. The third-order valence-electron chi connectivity index (χ3n) is 2.84. The van der Waals surface area contributed by atoms with Gasteiger partial charge in [0, 0.05) is 10.6 Å². The summed E-state index contributed by atoms with van der Waals surface area (Å²) in [6, 6.07) is 5.75. The fourth-order valence-electron chi connectivity index (χ4n) is 1.83. The molecule has 0 heterocycles. The maximum atomic E-state index is 9.16. The van der Waals surface area contributed by atoms with Crippen molar-refractivity contribution in [2.75, 3.05) is 19.7 Å². The van der Waals surface area contributed by atoms with Gasteiger partial charge >= 0.3 is 0 Å². The Morgan fingerprint density at radius 1 is 1.37 bits per heavy atom. The Morgan fingerprint density at radius 3 is 2.63 bits per heavy atom. The molecule has 0 spiro atoms. The van der Waals surface area contributed by atoms with Gasteiger partial charge in [-0.25, -0.2) is 0 Å². The number of hydrogen-bond acceptors (Lipinski definition) is 2. The van der Waals surface area contributed by atoms with Crippen LogP contribution in [-0.4, -0.2) is 30.9 Å². The Labute approximate surface area is 120 Å². The summed E-state index contributed by atoms with van der Waals surface area (Å²) in [6.45, 7) is 10.4. The average Bonchev–Trinajstić information content (AvgIpc) is 2.28. The van der Waals surface area contributed by atoms with E-state index >= 15 is 0 Å². The summed E-state index contributed by atoms with van der Waals surface area (Å²) in [7, 11) is 0. The molecule has 0 aromatic heterocycles. The number of benzene rings is 1. The van der Waals surface area contributed by atoms with Gasteiger partial charge in [0.2, 0.25) is 0 Å². The summed E-state index contributed by atoms with van der Waals surface area (Å²) in [6.07, 6.45) is -0.277. The van der Waals surface area contributed by atoms with Gasteiger partial charge < -0.3 is 15.2 Å². The van der Waals surface area contributed by atoms with Crippen molar-refractivity contribution in [3.63, 3.8) is 0 Å². The summed E-state index contributed by atoms with van der Waals surface area (Å²) in [5.74, 6) is 0.891. The Hall–Kier alpha value is -0.770. The third kappa shape index (κ3) is 5.81. The second-order valence-electron chi connectivity index (χ2n) is 5.90. The molecule has 0 radical (unpaired) electrons. The van der Waals surface area contributed by atoms with Gasteiger partial charge in [-0.15, -0.1) is 0 Å². The first kappa shape index (κ1) is 16.3. The molecule has 0 saturated heterocycles. The van der Waals surface area contributed by atoms with Gasteiger partial charge in [0.25, 0.3) is 0 Å². The minimum atomic E-state index is -0.277. The smallest absolute Gasteiger partial charge is 0.137 e. The van der Waals surface area contributed by atoms with E-state index in [4.69, 9.17) is 21.4 Å². The summed E-state index contributed by atoms with van der Waals surface area (Å²) >= 11 is 6.05. The van der Waals surface area contributed by atoms with Gasteiger partial charge in [-0.1, -0.05) is 32.4 Å². The highest BCUT2D eigenvalue weighted by molar-refractivity contribution is 6.30. The van der Waals surface area contributed by atoms with Crippen LogP contribution in [0.25, 0.3) is 0 Å². The van der Waals surface area contributed by atoms with Gasteiger partial charge in [0.15, 0.2) is 0 Å². The lowest BCUT2D eigenvalue weighted by Gasteiger charge is -2.23. The maximum Gasteiger partial charge on any atom is 0.137 e. The largest absolute Gasteiger partial charge is 0.487 e. The number of hydrogen-bond donors (Lipinski definition) is 2. The van der Waals surface area contributed by atoms with Gasteiger partial charge in [0.05, 0.1) is 6.10 Å². The van der Waals surface area contributed by atoms with E-state index in [-0.39, 0.29) is 11.5 Å². The molecule has 0 bridgehead atoms. The van der Waals surface area contributed by atoms with E-state index in [1.165, 1.54) is 0 Å². The van der Waals surface area contributed by atoms with E-state index in [0.29, 0.717) is 13.2 Å². The van der Waals surface area contributed by atoms with Crippen LogP contribution in [0.3, 0.4) is 0 Å². The number of ether oxygens (including phenoxy) is 1. The molecule has 0 aliphatic carbocycles. The van der Waals surface area contributed by atoms with Crippen molar-refractivity contribution >= 4 is 11.6 Å². The van der Waals surface area contributed by atoms with Crippen molar-refractivity contribution in [2.24, 2.45) is 0 Å². The predicted octanol–water partition coefficient (Wildman–Crippen LogP) is 1.96. The Kier molecular flexibility index (Phi) is 6.11. The van der Waals surface area contributed by atoms with Crippen molar-refractivity contribution in [3.05, 3.63) is 28.8 Å². The van der Waals surface area contributed by atoms with Gasteiger partial charge in [-0.05, 0) is 30.5 Å². The fourth-order valence-corrected chi connectivity index (χ4v) is 2.00. The Balaban J connectivity index is 2.58. The topological polar surface area (TPSA) is 46.1 Å².